The van der Waals surface area contributed by atoms with E-state index in [-0.39, 0.29) is 18.0 Å². The number of hydrogen-bond donors (Lipinski definition) is 0. The Morgan fingerprint density at radius 2 is 1.67 bits per heavy atom. The topological polar surface area (TPSA) is 61.8 Å². The van der Waals surface area contributed by atoms with E-state index in [9.17, 15) is 9.59 Å². The average molecular weight is 328 g/mol. The zero-order valence-electron chi connectivity index (χ0n) is 13.9. The molecular weight excluding hydrogens is 308 g/mol. The highest BCUT2D eigenvalue weighted by Gasteiger charge is 2.09. The fourth-order valence-corrected chi connectivity index (χ4v) is 2.04. The fourth-order valence-electron chi connectivity index (χ4n) is 2.04. The van der Waals surface area contributed by atoms with E-state index >= 15 is 0 Å². The van der Waals surface area contributed by atoms with Crippen molar-refractivity contribution in [1.29, 1.82) is 0 Å². The van der Waals surface area contributed by atoms with Gasteiger partial charge >= 0.3 is 11.9 Å². The molecule has 0 radical (unpaired) electrons. The van der Waals surface area contributed by atoms with Crippen molar-refractivity contribution in [3.63, 3.8) is 0 Å². The third-order valence-electron chi connectivity index (χ3n) is 3.19. The van der Waals surface area contributed by atoms with Gasteiger partial charge in [0.15, 0.2) is 0 Å². The van der Waals surface area contributed by atoms with Gasteiger partial charge in [-0.05, 0) is 55.8 Å². The van der Waals surface area contributed by atoms with Crippen LogP contribution in [-0.2, 0) is 16.1 Å². The summed E-state index contributed by atoms with van der Waals surface area (Å²) < 4.78 is 15.5. The first kappa shape index (κ1) is 17.5. The minimum atomic E-state index is -0.384. The van der Waals surface area contributed by atoms with Crippen LogP contribution in [0, 0.1) is 0 Å². The lowest BCUT2D eigenvalue weighted by Crippen LogP contribution is -2.11. The highest BCUT2D eigenvalue weighted by molar-refractivity contribution is 5.90. The first-order valence-corrected chi connectivity index (χ1v) is 7.60. The Labute approximate surface area is 141 Å². The molecule has 5 heteroatoms. The Balaban J connectivity index is 1.97. The van der Waals surface area contributed by atoms with Gasteiger partial charge in [-0.3, -0.25) is 0 Å². The molecule has 5 nitrogen and oxygen atoms in total. The van der Waals surface area contributed by atoms with Crippen LogP contribution in [0.3, 0.4) is 0 Å². The van der Waals surface area contributed by atoms with E-state index in [0.717, 1.165) is 5.56 Å². The molecule has 0 aliphatic rings. The largest absolute Gasteiger partial charge is 0.489 e. The van der Waals surface area contributed by atoms with E-state index in [2.05, 4.69) is 0 Å². The summed E-state index contributed by atoms with van der Waals surface area (Å²) in [5.41, 5.74) is 1.80. The summed E-state index contributed by atoms with van der Waals surface area (Å²) in [5.74, 6) is -0.119. The minimum Gasteiger partial charge on any atom is -0.489 e. The second-order valence-corrected chi connectivity index (χ2v) is 5.46. The van der Waals surface area contributed by atoms with E-state index < -0.39 is 0 Å². The van der Waals surface area contributed by atoms with Crippen LogP contribution in [0.4, 0.5) is 0 Å². The summed E-state index contributed by atoms with van der Waals surface area (Å²) in [4.78, 5) is 23.3. The molecule has 0 saturated carbocycles. The SMILES string of the molecule is COC(=O)c1cccc(COc2ccc(C(=O)OC(C)C)cc2)c1. The summed E-state index contributed by atoms with van der Waals surface area (Å²) in [7, 11) is 1.34. The van der Waals surface area contributed by atoms with Gasteiger partial charge in [0, 0.05) is 0 Å². The Hall–Kier alpha value is -2.82. The van der Waals surface area contributed by atoms with Crippen LogP contribution in [-0.4, -0.2) is 25.2 Å². The van der Waals surface area contributed by atoms with E-state index in [1.165, 1.54) is 7.11 Å². The fraction of sp³-hybridized carbons (Fsp3) is 0.263. The molecule has 2 aromatic carbocycles. The van der Waals surface area contributed by atoms with Gasteiger partial charge < -0.3 is 14.2 Å². The number of ether oxygens (including phenoxy) is 3. The van der Waals surface area contributed by atoms with Gasteiger partial charge in [-0.2, -0.15) is 0 Å². The van der Waals surface area contributed by atoms with E-state index in [0.29, 0.717) is 23.5 Å². The predicted octanol–water partition coefficient (Wildman–Crippen LogP) is 3.62. The summed E-state index contributed by atoms with van der Waals surface area (Å²) >= 11 is 0. The first-order valence-electron chi connectivity index (χ1n) is 7.60. The monoisotopic (exact) mass is 328 g/mol. The Morgan fingerprint density at radius 1 is 0.958 bits per heavy atom. The van der Waals surface area contributed by atoms with E-state index in [1.807, 2.05) is 6.07 Å². The van der Waals surface area contributed by atoms with Crippen LogP contribution >= 0.6 is 0 Å². The third kappa shape index (κ3) is 4.84. The number of benzene rings is 2. The van der Waals surface area contributed by atoms with Crippen molar-refractivity contribution in [2.24, 2.45) is 0 Å². The van der Waals surface area contributed by atoms with Gasteiger partial charge in [0.2, 0.25) is 0 Å². The summed E-state index contributed by atoms with van der Waals surface area (Å²) in [6.45, 7) is 3.91. The molecule has 24 heavy (non-hydrogen) atoms. The van der Waals surface area contributed by atoms with Crippen molar-refractivity contribution in [1.82, 2.24) is 0 Å². The van der Waals surface area contributed by atoms with Gasteiger partial charge in [0.05, 0.1) is 24.3 Å². The molecule has 0 heterocycles. The molecule has 0 fully saturated rings. The van der Waals surface area contributed by atoms with Gasteiger partial charge in [0.25, 0.3) is 0 Å². The van der Waals surface area contributed by atoms with Crippen LogP contribution in [0.1, 0.15) is 40.1 Å². The van der Waals surface area contributed by atoms with Crippen LogP contribution in [0.2, 0.25) is 0 Å². The lowest BCUT2D eigenvalue weighted by molar-refractivity contribution is 0.0377. The van der Waals surface area contributed by atoms with Crippen molar-refractivity contribution in [3.05, 3.63) is 65.2 Å². The molecule has 2 rings (SSSR count). The quantitative estimate of drug-likeness (QED) is 0.758. The van der Waals surface area contributed by atoms with Gasteiger partial charge in [0.1, 0.15) is 12.4 Å². The van der Waals surface area contributed by atoms with Crippen LogP contribution in [0.5, 0.6) is 5.75 Å². The molecule has 0 bridgehead atoms. The highest BCUT2D eigenvalue weighted by atomic mass is 16.5. The molecule has 126 valence electrons. The molecule has 0 unspecified atom stereocenters. The zero-order valence-corrected chi connectivity index (χ0v) is 13.9. The van der Waals surface area contributed by atoms with E-state index in [1.54, 1.807) is 56.3 Å². The summed E-state index contributed by atoms with van der Waals surface area (Å²) in [5, 5.41) is 0. The number of carbonyl (C=O) groups excluding carboxylic acids is 2. The minimum absolute atomic E-state index is 0.157. The van der Waals surface area contributed by atoms with Crippen molar-refractivity contribution >= 4 is 11.9 Å². The van der Waals surface area contributed by atoms with Crippen molar-refractivity contribution in [3.8, 4) is 5.75 Å². The van der Waals surface area contributed by atoms with Crippen LogP contribution < -0.4 is 4.74 Å². The Kier molecular flexibility index (Phi) is 5.95. The maximum Gasteiger partial charge on any atom is 0.338 e. The van der Waals surface area contributed by atoms with Crippen molar-refractivity contribution < 1.29 is 23.8 Å². The molecule has 2 aromatic rings. The predicted molar refractivity (Wildman–Crippen MR) is 89.1 cm³/mol. The lowest BCUT2D eigenvalue weighted by Gasteiger charge is -2.10. The standard InChI is InChI=1S/C19H20O5/c1-13(2)24-19(21)15-7-9-17(10-8-15)23-12-14-5-4-6-16(11-14)18(20)22-3/h4-11,13H,12H2,1-3H3. The smallest absolute Gasteiger partial charge is 0.338 e. The molecule has 0 aliphatic heterocycles. The number of hydrogen-bond acceptors (Lipinski definition) is 5. The molecule has 0 amide bonds. The second-order valence-electron chi connectivity index (χ2n) is 5.46. The number of esters is 2. The average Bonchev–Trinajstić information content (AvgIpc) is 2.59. The zero-order chi connectivity index (χ0) is 17.5. The highest BCUT2D eigenvalue weighted by Crippen LogP contribution is 2.16. The summed E-state index contributed by atoms with van der Waals surface area (Å²) in [6, 6.07) is 13.8. The Bertz CT molecular complexity index is 704. The molecule has 0 saturated heterocycles. The number of rotatable bonds is 6. The molecular formula is C19H20O5. The number of methoxy groups -OCH3 is 1. The lowest BCUT2D eigenvalue weighted by atomic mass is 10.1. The molecule has 0 aromatic heterocycles. The van der Waals surface area contributed by atoms with Crippen LogP contribution in [0.25, 0.3) is 0 Å². The summed E-state index contributed by atoms with van der Waals surface area (Å²) in [6.07, 6.45) is -0.157. The number of carbonyl (C=O) groups is 2. The van der Waals surface area contributed by atoms with Gasteiger partial charge in [-0.1, -0.05) is 12.1 Å². The Morgan fingerprint density at radius 3 is 2.29 bits per heavy atom. The molecule has 0 N–H and O–H groups in total. The molecule has 0 aliphatic carbocycles. The van der Waals surface area contributed by atoms with E-state index in [4.69, 9.17) is 14.2 Å². The van der Waals surface area contributed by atoms with Crippen molar-refractivity contribution in [2.45, 2.75) is 26.6 Å². The van der Waals surface area contributed by atoms with Gasteiger partial charge in [-0.15, -0.1) is 0 Å². The maximum atomic E-state index is 11.8. The van der Waals surface area contributed by atoms with Gasteiger partial charge in [-0.25, -0.2) is 9.59 Å². The normalized spacial score (nSPS) is 10.3. The molecule has 0 spiro atoms. The first-order chi connectivity index (χ1) is 11.5. The third-order valence-corrected chi connectivity index (χ3v) is 3.19. The maximum absolute atomic E-state index is 11.8. The van der Waals surface area contributed by atoms with Crippen molar-refractivity contribution in [2.75, 3.05) is 7.11 Å². The second kappa shape index (κ2) is 8.15. The van der Waals surface area contributed by atoms with Crippen LogP contribution in [0.15, 0.2) is 48.5 Å². The molecule has 0 atom stereocenters.